The molecule has 21 heavy (non-hydrogen) atoms. The van der Waals surface area contributed by atoms with Crippen molar-refractivity contribution in [3.05, 3.63) is 0 Å². The molecule has 0 spiro atoms. The van der Waals surface area contributed by atoms with Crippen molar-refractivity contribution in [3.63, 3.8) is 0 Å². The van der Waals surface area contributed by atoms with Crippen molar-refractivity contribution in [1.29, 1.82) is 0 Å². The molecule has 3 rings (SSSR count). The second kappa shape index (κ2) is 6.91. The van der Waals surface area contributed by atoms with Gasteiger partial charge in [-0.15, -0.1) is 0 Å². The Hall–Kier alpha value is -0.900. The number of rotatable bonds is 4. The van der Waals surface area contributed by atoms with Crippen LogP contribution < -0.4 is 5.32 Å². The van der Waals surface area contributed by atoms with Crippen LogP contribution in [0.5, 0.6) is 0 Å². The molecular weight excluding hydrogens is 264 g/mol. The summed E-state index contributed by atoms with van der Waals surface area (Å²) in [5, 5.41) is 3.39. The zero-order valence-electron chi connectivity index (χ0n) is 13.0. The number of nitrogens with zero attached hydrogens (tertiary/aromatic N) is 1. The second-order valence-electron chi connectivity index (χ2n) is 7.06. The van der Waals surface area contributed by atoms with E-state index in [1.807, 2.05) is 0 Å². The lowest BCUT2D eigenvalue weighted by atomic mass is 9.89. The summed E-state index contributed by atoms with van der Waals surface area (Å²) in [6.45, 7) is 0.905. The Balaban J connectivity index is 1.52. The average molecular weight is 292 g/mol. The summed E-state index contributed by atoms with van der Waals surface area (Å²) >= 11 is 0. The number of carbonyl (C=O) groups excluding carboxylic acids is 2. The Kier molecular flexibility index (Phi) is 4.94. The van der Waals surface area contributed by atoms with Crippen molar-refractivity contribution in [2.45, 2.75) is 82.7 Å². The van der Waals surface area contributed by atoms with E-state index in [4.69, 9.17) is 0 Å². The molecule has 1 N–H and O–H groups in total. The third-order valence-corrected chi connectivity index (χ3v) is 5.50. The average Bonchev–Trinajstić information content (AvgIpc) is 2.81. The van der Waals surface area contributed by atoms with Crippen LogP contribution in [-0.2, 0) is 9.59 Å². The summed E-state index contributed by atoms with van der Waals surface area (Å²) in [6.07, 6.45) is 12.5. The first-order chi connectivity index (χ1) is 10.3. The minimum atomic E-state index is -0.249. The SMILES string of the molecule is O=C1CC(NCC2CCCCC2)C(=O)N1C1CCCCC1. The van der Waals surface area contributed by atoms with Gasteiger partial charge in [0.15, 0.2) is 0 Å². The fraction of sp³-hybridized carbons (Fsp3) is 0.882. The minimum Gasteiger partial charge on any atom is -0.305 e. The van der Waals surface area contributed by atoms with Crippen LogP contribution in [0.2, 0.25) is 0 Å². The molecule has 3 aliphatic rings. The van der Waals surface area contributed by atoms with Gasteiger partial charge in [0.25, 0.3) is 0 Å². The molecular formula is C17H28N2O2. The first-order valence-corrected chi connectivity index (χ1v) is 8.85. The summed E-state index contributed by atoms with van der Waals surface area (Å²) in [6, 6.07) is -0.0680. The Bertz CT molecular complexity index is 384. The van der Waals surface area contributed by atoms with Gasteiger partial charge in [0.05, 0.1) is 12.5 Å². The number of nitrogens with one attached hydrogen (secondary N) is 1. The minimum absolute atomic E-state index is 0.0442. The molecule has 4 nitrogen and oxygen atoms in total. The Morgan fingerprint density at radius 3 is 2.19 bits per heavy atom. The van der Waals surface area contributed by atoms with Crippen LogP contribution in [0, 0.1) is 5.92 Å². The molecule has 1 unspecified atom stereocenters. The smallest absolute Gasteiger partial charge is 0.247 e. The van der Waals surface area contributed by atoms with E-state index < -0.39 is 0 Å². The molecule has 1 heterocycles. The molecule has 0 radical (unpaired) electrons. The van der Waals surface area contributed by atoms with Gasteiger partial charge in [-0.2, -0.15) is 0 Å². The lowest BCUT2D eigenvalue weighted by Crippen LogP contribution is -2.45. The van der Waals surface area contributed by atoms with E-state index in [0.29, 0.717) is 12.3 Å². The van der Waals surface area contributed by atoms with Gasteiger partial charge in [-0.05, 0) is 38.1 Å². The molecule has 4 heteroatoms. The molecule has 2 aliphatic carbocycles. The van der Waals surface area contributed by atoms with Crippen LogP contribution in [-0.4, -0.2) is 35.3 Å². The van der Waals surface area contributed by atoms with Gasteiger partial charge < -0.3 is 5.32 Å². The van der Waals surface area contributed by atoms with Gasteiger partial charge >= 0.3 is 0 Å². The van der Waals surface area contributed by atoms with Crippen molar-refractivity contribution in [1.82, 2.24) is 10.2 Å². The van der Waals surface area contributed by atoms with E-state index in [1.54, 1.807) is 4.90 Å². The van der Waals surface area contributed by atoms with Gasteiger partial charge in [-0.1, -0.05) is 38.5 Å². The van der Waals surface area contributed by atoms with Gasteiger partial charge in [-0.25, -0.2) is 0 Å². The van der Waals surface area contributed by atoms with E-state index in [0.717, 1.165) is 32.2 Å². The summed E-state index contributed by atoms with van der Waals surface area (Å²) in [7, 11) is 0. The van der Waals surface area contributed by atoms with E-state index in [9.17, 15) is 9.59 Å². The first kappa shape index (κ1) is 15.0. The molecule has 0 aromatic rings. The van der Waals surface area contributed by atoms with Crippen LogP contribution in [0.25, 0.3) is 0 Å². The topological polar surface area (TPSA) is 49.4 Å². The van der Waals surface area contributed by atoms with E-state index >= 15 is 0 Å². The first-order valence-electron chi connectivity index (χ1n) is 8.85. The zero-order chi connectivity index (χ0) is 14.7. The maximum absolute atomic E-state index is 12.5. The summed E-state index contributed by atoms with van der Waals surface area (Å²) in [4.78, 5) is 26.3. The molecule has 2 saturated carbocycles. The van der Waals surface area contributed by atoms with Crippen molar-refractivity contribution in [2.24, 2.45) is 5.92 Å². The fourth-order valence-corrected chi connectivity index (χ4v) is 4.23. The summed E-state index contributed by atoms with van der Waals surface area (Å²) < 4.78 is 0. The lowest BCUT2D eigenvalue weighted by molar-refractivity contribution is -0.142. The molecule has 3 fully saturated rings. The van der Waals surface area contributed by atoms with Crippen molar-refractivity contribution in [2.75, 3.05) is 6.54 Å². The van der Waals surface area contributed by atoms with Crippen LogP contribution >= 0.6 is 0 Å². The standard InChI is InChI=1S/C17H28N2O2/c20-16-11-15(18-12-13-7-3-1-4-8-13)17(21)19(16)14-9-5-2-6-10-14/h13-15,18H,1-12H2. The van der Waals surface area contributed by atoms with Crippen LogP contribution in [0.4, 0.5) is 0 Å². The second-order valence-corrected chi connectivity index (χ2v) is 7.06. The number of hydrogen-bond donors (Lipinski definition) is 1. The van der Waals surface area contributed by atoms with E-state index in [2.05, 4.69) is 5.32 Å². The molecule has 1 aliphatic heterocycles. The third kappa shape index (κ3) is 3.47. The highest BCUT2D eigenvalue weighted by Gasteiger charge is 2.42. The van der Waals surface area contributed by atoms with Crippen molar-refractivity contribution in [3.8, 4) is 0 Å². The quantitative estimate of drug-likeness (QED) is 0.810. The molecule has 0 aromatic carbocycles. The highest BCUT2D eigenvalue weighted by atomic mass is 16.2. The van der Waals surface area contributed by atoms with Crippen LogP contribution in [0.3, 0.4) is 0 Å². The number of amides is 2. The number of likely N-dealkylation sites (tertiary alicyclic amines) is 1. The van der Waals surface area contributed by atoms with Crippen LogP contribution in [0.15, 0.2) is 0 Å². The van der Waals surface area contributed by atoms with Crippen molar-refractivity contribution >= 4 is 11.8 Å². The Morgan fingerprint density at radius 1 is 0.905 bits per heavy atom. The monoisotopic (exact) mass is 292 g/mol. The van der Waals surface area contributed by atoms with Gasteiger partial charge in [0.2, 0.25) is 11.8 Å². The van der Waals surface area contributed by atoms with E-state index in [1.165, 1.54) is 38.5 Å². The number of hydrogen-bond acceptors (Lipinski definition) is 3. The predicted octanol–water partition coefficient (Wildman–Crippen LogP) is 2.62. The third-order valence-electron chi connectivity index (χ3n) is 5.50. The van der Waals surface area contributed by atoms with E-state index in [-0.39, 0.29) is 23.9 Å². The van der Waals surface area contributed by atoms with Crippen molar-refractivity contribution < 1.29 is 9.59 Å². The summed E-state index contributed by atoms with van der Waals surface area (Å²) in [5.74, 6) is 0.793. The van der Waals surface area contributed by atoms with Gasteiger partial charge in [-0.3, -0.25) is 14.5 Å². The van der Waals surface area contributed by atoms with Crippen LogP contribution in [0.1, 0.15) is 70.6 Å². The number of carbonyl (C=O) groups is 2. The highest BCUT2D eigenvalue weighted by molar-refractivity contribution is 6.05. The lowest BCUT2D eigenvalue weighted by Gasteiger charge is -2.30. The molecule has 118 valence electrons. The summed E-state index contributed by atoms with van der Waals surface area (Å²) in [5.41, 5.74) is 0. The predicted molar refractivity (Wildman–Crippen MR) is 81.7 cm³/mol. The number of imide groups is 1. The molecule has 2 amide bonds. The molecule has 0 bridgehead atoms. The zero-order valence-corrected chi connectivity index (χ0v) is 13.0. The molecule has 1 atom stereocenters. The van der Waals surface area contributed by atoms with Gasteiger partial charge in [0, 0.05) is 6.04 Å². The Morgan fingerprint density at radius 2 is 1.52 bits per heavy atom. The largest absolute Gasteiger partial charge is 0.305 e. The highest BCUT2D eigenvalue weighted by Crippen LogP contribution is 2.28. The fourth-order valence-electron chi connectivity index (χ4n) is 4.23. The molecule has 1 saturated heterocycles. The normalized spacial score (nSPS) is 29.3. The molecule has 0 aromatic heterocycles. The maximum atomic E-state index is 12.5. The maximum Gasteiger partial charge on any atom is 0.247 e. The Labute approximate surface area is 127 Å². The van der Waals surface area contributed by atoms with Gasteiger partial charge in [0.1, 0.15) is 0 Å².